The van der Waals surface area contributed by atoms with E-state index in [0.717, 1.165) is 0 Å². The lowest BCUT2D eigenvalue weighted by atomic mass is 10.1. The van der Waals surface area contributed by atoms with E-state index >= 15 is 0 Å². The number of carbonyl (C=O) groups is 1. The van der Waals surface area contributed by atoms with Crippen LogP contribution in [0.2, 0.25) is 0 Å². The van der Waals surface area contributed by atoms with Crippen molar-refractivity contribution in [2.75, 3.05) is 0 Å². The van der Waals surface area contributed by atoms with E-state index in [-0.39, 0.29) is 0 Å². The third-order valence-corrected chi connectivity index (χ3v) is 0.831. The Kier molecular flexibility index (Phi) is 1.68. The van der Waals surface area contributed by atoms with Crippen molar-refractivity contribution in [3.8, 4) is 0 Å². The second kappa shape index (κ2) is 1.90. The molecule has 8 heavy (non-hydrogen) atoms. The number of nitrogens with zero attached hydrogens (tertiary/aromatic N) is 1. The Labute approximate surface area is 47.0 Å². The zero-order valence-corrected chi connectivity index (χ0v) is 4.84. The van der Waals surface area contributed by atoms with E-state index in [2.05, 4.69) is 5.18 Å². The van der Waals surface area contributed by atoms with Crippen LogP contribution in [-0.4, -0.2) is 11.4 Å². The molecule has 2 N–H and O–H groups in total. The fraction of sp³-hybridized carbons (Fsp3) is 0.750. The van der Waals surface area contributed by atoms with E-state index in [1.165, 1.54) is 13.8 Å². The Hall–Kier alpha value is -0.930. The quantitative estimate of drug-likeness (QED) is 0.516. The predicted octanol–water partition coefficient (Wildman–Crippen LogP) is 0.0167. The van der Waals surface area contributed by atoms with Gasteiger partial charge in [-0.15, -0.1) is 4.91 Å². The van der Waals surface area contributed by atoms with Gasteiger partial charge in [-0.3, -0.25) is 4.79 Å². The third-order valence-electron chi connectivity index (χ3n) is 0.831. The second-order valence-corrected chi connectivity index (χ2v) is 2.01. The molecule has 0 fully saturated rings. The monoisotopic (exact) mass is 116 g/mol. The maximum Gasteiger partial charge on any atom is 0.248 e. The Morgan fingerprint density at radius 2 is 2.00 bits per heavy atom. The normalized spacial score (nSPS) is 10.8. The van der Waals surface area contributed by atoms with Gasteiger partial charge in [-0.2, -0.15) is 0 Å². The molecular weight excluding hydrogens is 108 g/mol. The van der Waals surface area contributed by atoms with Gasteiger partial charge in [0.1, 0.15) is 0 Å². The van der Waals surface area contributed by atoms with Gasteiger partial charge >= 0.3 is 0 Å². The Bertz CT molecular complexity index is 119. The topological polar surface area (TPSA) is 72.5 Å². The molecule has 0 saturated carbocycles. The molecule has 0 unspecified atom stereocenters. The summed E-state index contributed by atoms with van der Waals surface area (Å²) in [6.07, 6.45) is 0. The number of nitrogens with two attached hydrogens (primary N) is 1. The molecule has 0 bridgehead atoms. The van der Waals surface area contributed by atoms with Crippen molar-refractivity contribution in [3.63, 3.8) is 0 Å². The summed E-state index contributed by atoms with van der Waals surface area (Å²) in [5, 5.41) is 2.50. The SMILES string of the molecule is CC(C)(N=O)C(N)=O. The van der Waals surface area contributed by atoms with Crippen molar-refractivity contribution in [1.82, 2.24) is 0 Å². The van der Waals surface area contributed by atoms with Crippen LogP contribution in [-0.2, 0) is 4.79 Å². The average molecular weight is 116 g/mol. The zero-order chi connectivity index (χ0) is 6.78. The number of primary amides is 1. The van der Waals surface area contributed by atoms with Crippen LogP contribution in [0.5, 0.6) is 0 Å². The van der Waals surface area contributed by atoms with Crippen LogP contribution in [0.25, 0.3) is 0 Å². The highest BCUT2D eigenvalue weighted by Gasteiger charge is 2.25. The van der Waals surface area contributed by atoms with Gasteiger partial charge in [0.15, 0.2) is 5.54 Å². The van der Waals surface area contributed by atoms with E-state index in [1.807, 2.05) is 0 Å². The third kappa shape index (κ3) is 1.29. The summed E-state index contributed by atoms with van der Waals surface area (Å²) in [6.45, 7) is 2.73. The van der Waals surface area contributed by atoms with Crippen molar-refractivity contribution >= 4 is 5.91 Å². The summed E-state index contributed by atoms with van der Waals surface area (Å²) >= 11 is 0. The lowest BCUT2D eigenvalue weighted by Crippen LogP contribution is -2.35. The molecule has 0 aromatic carbocycles. The molecule has 0 spiro atoms. The van der Waals surface area contributed by atoms with E-state index in [9.17, 15) is 9.70 Å². The van der Waals surface area contributed by atoms with Crippen molar-refractivity contribution in [3.05, 3.63) is 4.91 Å². The number of hydrogen-bond acceptors (Lipinski definition) is 3. The first-order valence-electron chi connectivity index (χ1n) is 2.15. The van der Waals surface area contributed by atoms with Gasteiger partial charge in [0.25, 0.3) is 0 Å². The van der Waals surface area contributed by atoms with E-state index in [1.54, 1.807) is 0 Å². The smallest absolute Gasteiger partial charge is 0.248 e. The van der Waals surface area contributed by atoms with Gasteiger partial charge in [0.05, 0.1) is 0 Å². The summed E-state index contributed by atoms with van der Waals surface area (Å²) in [5.74, 6) is -0.701. The summed E-state index contributed by atoms with van der Waals surface area (Å²) in [7, 11) is 0. The van der Waals surface area contributed by atoms with Crippen molar-refractivity contribution in [2.45, 2.75) is 19.4 Å². The number of nitroso groups, excluding NO2 is 1. The second-order valence-electron chi connectivity index (χ2n) is 2.01. The summed E-state index contributed by atoms with van der Waals surface area (Å²) < 4.78 is 0. The van der Waals surface area contributed by atoms with Crippen LogP contribution in [0.15, 0.2) is 5.18 Å². The molecule has 0 saturated heterocycles. The largest absolute Gasteiger partial charge is 0.367 e. The molecule has 0 aliphatic heterocycles. The van der Waals surface area contributed by atoms with Crippen LogP contribution in [0, 0.1) is 4.91 Å². The van der Waals surface area contributed by atoms with Gasteiger partial charge in [-0.25, -0.2) is 0 Å². The maximum absolute atomic E-state index is 10.2. The van der Waals surface area contributed by atoms with E-state index < -0.39 is 11.4 Å². The van der Waals surface area contributed by atoms with Crippen LogP contribution >= 0.6 is 0 Å². The number of amides is 1. The van der Waals surface area contributed by atoms with Crippen molar-refractivity contribution in [1.29, 1.82) is 0 Å². The highest BCUT2D eigenvalue weighted by atomic mass is 16.3. The Balaban J connectivity index is 4.12. The van der Waals surface area contributed by atoms with Crippen LogP contribution in [0.1, 0.15) is 13.8 Å². The molecule has 0 aromatic rings. The number of hydrogen-bond donors (Lipinski definition) is 1. The molecule has 1 amide bonds. The minimum atomic E-state index is -1.25. The summed E-state index contributed by atoms with van der Waals surface area (Å²) in [5.41, 5.74) is 3.50. The fourth-order valence-corrected chi connectivity index (χ4v) is 0.0450. The van der Waals surface area contributed by atoms with Crippen LogP contribution < -0.4 is 5.73 Å². The van der Waals surface area contributed by atoms with Gasteiger partial charge in [-0.1, -0.05) is 5.18 Å². The molecule has 0 aromatic heterocycles. The van der Waals surface area contributed by atoms with Gasteiger partial charge in [-0.05, 0) is 13.8 Å². The van der Waals surface area contributed by atoms with Crippen molar-refractivity contribution in [2.24, 2.45) is 10.9 Å². The molecule has 0 aliphatic carbocycles. The molecule has 0 atom stereocenters. The minimum absolute atomic E-state index is 0.701. The molecule has 0 aliphatic rings. The van der Waals surface area contributed by atoms with Crippen LogP contribution in [0.3, 0.4) is 0 Å². The number of rotatable bonds is 2. The summed E-state index contributed by atoms with van der Waals surface area (Å²) in [4.78, 5) is 19.9. The molecule has 4 nitrogen and oxygen atoms in total. The number of carbonyl (C=O) groups excluding carboxylic acids is 1. The highest BCUT2D eigenvalue weighted by Crippen LogP contribution is 2.04. The molecule has 0 heterocycles. The Morgan fingerprint density at radius 3 is 2.00 bits per heavy atom. The Morgan fingerprint density at radius 1 is 1.62 bits per heavy atom. The van der Waals surface area contributed by atoms with E-state index in [0.29, 0.717) is 0 Å². The highest BCUT2D eigenvalue weighted by molar-refractivity contribution is 5.83. The summed E-state index contributed by atoms with van der Waals surface area (Å²) in [6, 6.07) is 0. The molecule has 0 rings (SSSR count). The molecule has 0 radical (unpaired) electrons. The van der Waals surface area contributed by atoms with Gasteiger partial charge in [0, 0.05) is 0 Å². The standard InChI is InChI=1S/C4H8N2O2/c1-4(2,6-8)3(5)7/h1-2H3,(H2,5,7). The fourth-order valence-electron chi connectivity index (χ4n) is 0.0450. The molecule has 4 heteroatoms. The van der Waals surface area contributed by atoms with E-state index in [4.69, 9.17) is 5.73 Å². The first-order valence-corrected chi connectivity index (χ1v) is 2.15. The zero-order valence-electron chi connectivity index (χ0n) is 4.84. The predicted molar refractivity (Wildman–Crippen MR) is 29.1 cm³/mol. The first kappa shape index (κ1) is 7.07. The average Bonchev–Trinajstić information content (AvgIpc) is 1.67. The minimum Gasteiger partial charge on any atom is -0.367 e. The maximum atomic E-state index is 10.2. The van der Waals surface area contributed by atoms with Gasteiger partial charge < -0.3 is 5.73 Å². The lowest BCUT2D eigenvalue weighted by Gasteiger charge is -2.07. The molecular formula is C4H8N2O2. The van der Waals surface area contributed by atoms with Crippen LogP contribution in [0.4, 0.5) is 0 Å². The van der Waals surface area contributed by atoms with Gasteiger partial charge in [0.2, 0.25) is 5.91 Å². The molecule has 46 valence electrons. The lowest BCUT2D eigenvalue weighted by molar-refractivity contribution is -0.121. The first-order chi connectivity index (χ1) is 3.50. The van der Waals surface area contributed by atoms with Crippen molar-refractivity contribution < 1.29 is 4.79 Å².